The zero-order valence-corrected chi connectivity index (χ0v) is 16.1. The average Bonchev–Trinajstić information content (AvgIpc) is 2.54. The molecule has 2 rings (SSSR count). The molecule has 138 valence electrons. The molecule has 0 spiro atoms. The van der Waals surface area contributed by atoms with Crippen molar-refractivity contribution in [3.8, 4) is 5.75 Å². The summed E-state index contributed by atoms with van der Waals surface area (Å²) in [6.07, 6.45) is 0.198. The second-order valence-electron chi connectivity index (χ2n) is 6.52. The van der Waals surface area contributed by atoms with Crippen LogP contribution in [0.15, 0.2) is 36.4 Å². The molecule has 0 radical (unpaired) electrons. The number of rotatable bonds is 6. The molecule has 0 saturated carbocycles. The van der Waals surface area contributed by atoms with Gasteiger partial charge < -0.3 is 15.0 Å². The minimum Gasteiger partial charge on any atom is -0.495 e. The van der Waals surface area contributed by atoms with E-state index in [4.69, 9.17) is 4.74 Å². The number of aryl methyl sites for hydroxylation is 3. The molecule has 0 heterocycles. The van der Waals surface area contributed by atoms with Gasteiger partial charge in [0.25, 0.3) is 0 Å². The van der Waals surface area contributed by atoms with Crippen molar-refractivity contribution in [3.63, 3.8) is 0 Å². The van der Waals surface area contributed by atoms with Gasteiger partial charge in [0.15, 0.2) is 0 Å². The fraction of sp³-hybridized carbons (Fsp3) is 0.333. The van der Waals surface area contributed by atoms with Gasteiger partial charge in [-0.2, -0.15) is 0 Å². The molecular formula is C21H26N2O3. The summed E-state index contributed by atoms with van der Waals surface area (Å²) >= 11 is 0. The summed E-state index contributed by atoms with van der Waals surface area (Å²) in [5, 5.41) is 2.90. The zero-order chi connectivity index (χ0) is 19.3. The topological polar surface area (TPSA) is 58.6 Å². The Morgan fingerprint density at radius 3 is 2.23 bits per heavy atom. The van der Waals surface area contributed by atoms with E-state index in [1.165, 1.54) is 6.92 Å². The molecule has 0 aliphatic rings. The average molecular weight is 354 g/mol. The van der Waals surface area contributed by atoms with Crippen molar-refractivity contribution in [1.29, 1.82) is 0 Å². The van der Waals surface area contributed by atoms with Crippen LogP contribution in [0.1, 0.15) is 30.0 Å². The summed E-state index contributed by atoms with van der Waals surface area (Å²) in [5.74, 6) is 0.349. The van der Waals surface area contributed by atoms with Gasteiger partial charge in [-0.25, -0.2) is 0 Å². The fourth-order valence-corrected chi connectivity index (χ4v) is 2.94. The minimum atomic E-state index is -0.132. The maximum atomic E-state index is 12.3. The SMILES string of the molecule is COc1ccc(C)cc1N(CCC(=O)Nc1cc(C)cc(C)c1)C(C)=O. The quantitative estimate of drug-likeness (QED) is 0.853. The van der Waals surface area contributed by atoms with Gasteiger partial charge in [0, 0.05) is 25.6 Å². The van der Waals surface area contributed by atoms with Crippen molar-refractivity contribution in [1.82, 2.24) is 0 Å². The lowest BCUT2D eigenvalue weighted by Gasteiger charge is -2.23. The number of anilines is 2. The third kappa shape index (κ3) is 5.09. The number of carbonyl (C=O) groups excluding carboxylic acids is 2. The Morgan fingerprint density at radius 2 is 1.65 bits per heavy atom. The monoisotopic (exact) mass is 354 g/mol. The fourth-order valence-electron chi connectivity index (χ4n) is 2.94. The molecule has 5 nitrogen and oxygen atoms in total. The van der Waals surface area contributed by atoms with E-state index < -0.39 is 0 Å². The van der Waals surface area contributed by atoms with Crippen LogP contribution in [-0.2, 0) is 9.59 Å². The van der Waals surface area contributed by atoms with Gasteiger partial charge in [0.05, 0.1) is 12.8 Å². The van der Waals surface area contributed by atoms with Gasteiger partial charge >= 0.3 is 0 Å². The summed E-state index contributed by atoms with van der Waals surface area (Å²) in [6, 6.07) is 11.6. The van der Waals surface area contributed by atoms with Crippen molar-refractivity contribution >= 4 is 23.2 Å². The maximum Gasteiger partial charge on any atom is 0.226 e. The second kappa shape index (κ2) is 8.52. The van der Waals surface area contributed by atoms with Crippen LogP contribution >= 0.6 is 0 Å². The highest BCUT2D eigenvalue weighted by atomic mass is 16.5. The standard InChI is InChI=1S/C21H26N2O3/c1-14-6-7-20(26-5)19(13-14)23(17(4)24)9-8-21(25)22-18-11-15(2)10-16(3)12-18/h6-7,10-13H,8-9H2,1-5H3,(H,22,25). The van der Waals surface area contributed by atoms with Crippen LogP contribution < -0.4 is 15.0 Å². The molecule has 0 aromatic heterocycles. The van der Waals surface area contributed by atoms with Gasteiger partial charge in [-0.1, -0.05) is 12.1 Å². The number of hydrogen-bond acceptors (Lipinski definition) is 3. The van der Waals surface area contributed by atoms with Crippen LogP contribution in [0.2, 0.25) is 0 Å². The van der Waals surface area contributed by atoms with E-state index in [1.807, 2.05) is 51.1 Å². The van der Waals surface area contributed by atoms with E-state index in [0.29, 0.717) is 11.4 Å². The molecule has 0 unspecified atom stereocenters. The Hall–Kier alpha value is -2.82. The third-order valence-corrected chi connectivity index (χ3v) is 4.07. The van der Waals surface area contributed by atoms with Gasteiger partial charge in [-0.05, 0) is 61.7 Å². The molecule has 0 saturated heterocycles. The van der Waals surface area contributed by atoms with Gasteiger partial charge in [0.1, 0.15) is 5.75 Å². The molecular weight excluding hydrogens is 328 g/mol. The summed E-state index contributed by atoms with van der Waals surface area (Å²) in [6.45, 7) is 7.71. The van der Waals surface area contributed by atoms with Crippen molar-refractivity contribution in [2.24, 2.45) is 0 Å². The number of nitrogens with one attached hydrogen (secondary N) is 1. The van der Waals surface area contributed by atoms with Crippen LogP contribution in [-0.4, -0.2) is 25.5 Å². The number of benzene rings is 2. The molecule has 2 aromatic rings. The number of hydrogen-bond donors (Lipinski definition) is 1. The van der Waals surface area contributed by atoms with Crippen molar-refractivity contribution < 1.29 is 14.3 Å². The molecule has 5 heteroatoms. The molecule has 26 heavy (non-hydrogen) atoms. The van der Waals surface area contributed by atoms with E-state index in [-0.39, 0.29) is 24.8 Å². The Balaban J connectivity index is 2.10. The molecule has 0 aliphatic carbocycles. The first-order chi connectivity index (χ1) is 12.3. The Kier molecular flexibility index (Phi) is 6.39. The molecule has 0 fully saturated rings. The molecule has 2 aromatic carbocycles. The first-order valence-electron chi connectivity index (χ1n) is 8.61. The number of carbonyl (C=O) groups is 2. The number of ether oxygens (including phenoxy) is 1. The van der Waals surface area contributed by atoms with E-state index in [9.17, 15) is 9.59 Å². The zero-order valence-electron chi connectivity index (χ0n) is 16.1. The predicted octanol–water partition coefficient (Wildman–Crippen LogP) is 4.00. The van der Waals surface area contributed by atoms with Crippen molar-refractivity contribution in [3.05, 3.63) is 53.1 Å². The minimum absolute atomic E-state index is 0.131. The lowest BCUT2D eigenvalue weighted by molar-refractivity contribution is -0.117. The third-order valence-electron chi connectivity index (χ3n) is 4.07. The second-order valence-corrected chi connectivity index (χ2v) is 6.52. The smallest absolute Gasteiger partial charge is 0.226 e. The summed E-state index contributed by atoms with van der Waals surface area (Å²) < 4.78 is 5.37. The Labute approximate surface area is 155 Å². The van der Waals surface area contributed by atoms with Gasteiger partial charge in [-0.3, -0.25) is 9.59 Å². The van der Waals surface area contributed by atoms with Crippen LogP contribution in [0, 0.1) is 20.8 Å². The largest absolute Gasteiger partial charge is 0.495 e. The van der Waals surface area contributed by atoms with E-state index in [2.05, 4.69) is 11.4 Å². The van der Waals surface area contributed by atoms with Crippen LogP contribution in [0.25, 0.3) is 0 Å². The molecule has 1 N–H and O–H groups in total. The van der Waals surface area contributed by atoms with E-state index >= 15 is 0 Å². The lowest BCUT2D eigenvalue weighted by atomic mass is 10.1. The van der Waals surface area contributed by atoms with Crippen molar-refractivity contribution in [2.45, 2.75) is 34.1 Å². The number of amides is 2. The lowest BCUT2D eigenvalue weighted by Crippen LogP contribution is -2.32. The number of methoxy groups -OCH3 is 1. The van der Waals surface area contributed by atoms with Crippen LogP contribution in [0.5, 0.6) is 5.75 Å². The highest BCUT2D eigenvalue weighted by molar-refractivity contribution is 5.96. The summed E-state index contributed by atoms with van der Waals surface area (Å²) in [7, 11) is 1.57. The first kappa shape index (κ1) is 19.5. The number of nitrogens with zero attached hydrogens (tertiary/aromatic N) is 1. The van der Waals surface area contributed by atoms with Crippen molar-refractivity contribution in [2.75, 3.05) is 23.9 Å². The van der Waals surface area contributed by atoms with Crippen LogP contribution in [0.3, 0.4) is 0 Å². The molecule has 0 aliphatic heterocycles. The molecule has 0 atom stereocenters. The normalized spacial score (nSPS) is 10.3. The molecule has 0 bridgehead atoms. The van der Waals surface area contributed by atoms with Gasteiger partial charge in [0.2, 0.25) is 11.8 Å². The summed E-state index contributed by atoms with van der Waals surface area (Å²) in [5.41, 5.74) is 4.66. The maximum absolute atomic E-state index is 12.3. The van der Waals surface area contributed by atoms with Crippen LogP contribution in [0.4, 0.5) is 11.4 Å². The predicted molar refractivity (Wildman–Crippen MR) is 105 cm³/mol. The Bertz CT molecular complexity index is 795. The highest BCUT2D eigenvalue weighted by Crippen LogP contribution is 2.29. The van der Waals surface area contributed by atoms with Gasteiger partial charge in [-0.15, -0.1) is 0 Å². The molecule has 2 amide bonds. The van der Waals surface area contributed by atoms with E-state index in [0.717, 1.165) is 22.4 Å². The summed E-state index contributed by atoms with van der Waals surface area (Å²) in [4.78, 5) is 26.0. The first-order valence-corrected chi connectivity index (χ1v) is 8.61. The Morgan fingerprint density at radius 1 is 1.00 bits per heavy atom. The van der Waals surface area contributed by atoms with E-state index in [1.54, 1.807) is 12.0 Å². The highest BCUT2D eigenvalue weighted by Gasteiger charge is 2.18.